The van der Waals surface area contributed by atoms with Crippen LogP contribution < -0.4 is 0 Å². The van der Waals surface area contributed by atoms with Crippen LogP contribution in [0.3, 0.4) is 0 Å². The first-order valence-corrected chi connectivity index (χ1v) is 9.26. The summed E-state index contributed by atoms with van der Waals surface area (Å²) in [5.74, 6) is 1.73. The van der Waals surface area contributed by atoms with Gasteiger partial charge in [-0.3, -0.25) is 9.59 Å². The van der Waals surface area contributed by atoms with E-state index in [1.54, 1.807) is 0 Å². The summed E-state index contributed by atoms with van der Waals surface area (Å²) in [6.45, 7) is 5.62. The molecule has 2 heterocycles. The molecule has 3 fully saturated rings. The number of hydrogen-bond donors (Lipinski definition) is 0. The molecule has 0 radical (unpaired) electrons. The molecule has 3 aliphatic rings. The van der Waals surface area contributed by atoms with Crippen LogP contribution in [-0.2, 0) is 9.59 Å². The summed E-state index contributed by atoms with van der Waals surface area (Å²) in [6.07, 6.45) is 8.84. The van der Waals surface area contributed by atoms with Crippen LogP contribution in [0.4, 0.5) is 0 Å². The normalized spacial score (nSPS) is 30.0. The topological polar surface area (TPSA) is 40.6 Å². The lowest BCUT2D eigenvalue weighted by molar-refractivity contribution is -0.141. The fourth-order valence-corrected chi connectivity index (χ4v) is 4.02. The van der Waals surface area contributed by atoms with E-state index < -0.39 is 0 Å². The maximum absolute atomic E-state index is 12.8. The van der Waals surface area contributed by atoms with Gasteiger partial charge in [0.1, 0.15) is 0 Å². The molecule has 3 rings (SSSR count). The minimum atomic E-state index is 0.0506. The molecule has 0 bridgehead atoms. The third kappa shape index (κ3) is 3.64. The Labute approximate surface area is 134 Å². The number of carbonyl (C=O) groups excluding carboxylic acids is 2. The molecule has 2 saturated heterocycles. The summed E-state index contributed by atoms with van der Waals surface area (Å²) < 4.78 is 0. The first-order valence-electron chi connectivity index (χ1n) is 9.26. The summed E-state index contributed by atoms with van der Waals surface area (Å²) in [6, 6.07) is 0. The van der Waals surface area contributed by atoms with Gasteiger partial charge in [-0.15, -0.1) is 0 Å². The van der Waals surface area contributed by atoms with Crippen molar-refractivity contribution in [1.82, 2.24) is 9.80 Å². The molecule has 2 aliphatic heterocycles. The van der Waals surface area contributed by atoms with Gasteiger partial charge in [-0.25, -0.2) is 0 Å². The van der Waals surface area contributed by atoms with Gasteiger partial charge in [0.25, 0.3) is 0 Å². The summed E-state index contributed by atoms with van der Waals surface area (Å²) >= 11 is 0. The van der Waals surface area contributed by atoms with Crippen LogP contribution in [-0.4, -0.2) is 47.8 Å². The average molecular weight is 306 g/mol. The van der Waals surface area contributed by atoms with Crippen molar-refractivity contribution in [2.24, 2.45) is 17.8 Å². The second-order valence-electron chi connectivity index (χ2n) is 7.43. The van der Waals surface area contributed by atoms with Gasteiger partial charge in [0, 0.05) is 32.1 Å². The van der Waals surface area contributed by atoms with Gasteiger partial charge in [0.05, 0.1) is 5.92 Å². The number of nitrogens with zero attached hydrogens (tertiary/aromatic N) is 2. The monoisotopic (exact) mass is 306 g/mol. The van der Waals surface area contributed by atoms with Crippen LogP contribution in [0, 0.1) is 17.8 Å². The van der Waals surface area contributed by atoms with E-state index in [9.17, 15) is 9.59 Å². The zero-order chi connectivity index (χ0) is 15.5. The molecule has 0 unspecified atom stereocenters. The van der Waals surface area contributed by atoms with E-state index in [1.165, 1.54) is 12.8 Å². The van der Waals surface area contributed by atoms with E-state index in [0.29, 0.717) is 18.4 Å². The first kappa shape index (κ1) is 15.8. The van der Waals surface area contributed by atoms with Crippen molar-refractivity contribution in [3.8, 4) is 0 Å². The van der Waals surface area contributed by atoms with E-state index in [2.05, 4.69) is 11.8 Å². The van der Waals surface area contributed by atoms with E-state index in [-0.39, 0.29) is 11.8 Å². The van der Waals surface area contributed by atoms with Crippen LogP contribution in [0.25, 0.3) is 0 Å². The lowest BCUT2D eigenvalue weighted by Gasteiger charge is -2.35. The SMILES string of the molecule is CC[C@H]1CCCN(C(=O)[C@@H]2CCCN(C(=O)C3CC3)C2)CC1. The third-order valence-corrected chi connectivity index (χ3v) is 5.75. The summed E-state index contributed by atoms with van der Waals surface area (Å²) in [5.41, 5.74) is 0. The minimum Gasteiger partial charge on any atom is -0.342 e. The van der Waals surface area contributed by atoms with Crippen LogP contribution in [0.1, 0.15) is 58.3 Å². The molecule has 2 amide bonds. The second-order valence-corrected chi connectivity index (χ2v) is 7.43. The Bertz CT molecular complexity index is 419. The predicted octanol–water partition coefficient (Wildman–Crippen LogP) is 2.67. The Hall–Kier alpha value is -1.06. The molecule has 2 atom stereocenters. The van der Waals surface area contributed by atoms with Crippen molar-refractivity contribution in [1.29, 1.82) is 0 Å². The van der Waals surface area contributed by atoms with Gasteiger partial charge in [-0.2, -0.15) is 0 Å². The highest BCUT2D eigenvalue weighted by atomic mass is 16.2. The quantitative estimate of drug-likeness (QED) is 0.804. The lowest BCUT2D eigenvalue weighted by atomic mass is 9.95. The van der Waals surface area contributed by atoms with Crippen molar-refractivity contribution in [2.75, 3.05) is 26.2 Å². The lowest BCUT2D eigenvalue weighted by Crippen LogP contribution is -2.47. The van der Waals surface area contributed by atoms with Gasteiger partial charge in [-0.05, 0) is 50.9 Å². The number of rotatable bonds is 3. The van der Waals surface area contributed by atoms with E-state index in [0.717, 1.165) is 64.1 Å². The van der Waals surface area contributed by atoms with Crippen LogP contribution >= 0.6 is 0 Å². The minimum absolute atomic E-state index is 0.0506. The van der Waals surface area contributed by atoms with E-state index >= 15 is 0 Å². The number of piperidine rings is 1. The number of likely N-dealkylation sites (tertiary alicyclic amines) is 2. The van der Waals surface area contributed by atoms with Crippen LogP contribution in [0.2, 0.25) is 0 Å². The Kier molecular flexibility index (Phi) is 5.04. The van der Waals surface area contributed by atoms with Crippen LogP contribution in [0.5, 0.6) is 0 Å². The molecule has 4 heteroatoms. The molecule has 22 heavy (non-hydrogen) atoms. The molecule has 4 nitrogen and oxygen atoms in total. The Morgan fingerprint density at radius 1 is 0.818 bits per heavy atom. The molecule has 1 aliphatic carbocycles. The van der Waals surface area contributed by atoms with Gasteiger partial charge in [0.2, 0.25) is 11.8 Å². The Morgan fingerprint density at radius 3 is 2.23 bits per heavy atom. The van der Waals surface area contributed by atoms with Gasteiger partial charge in [0.15, 0.2) is 0 Å². The molecule has 0 aromatic heterocycles. The van der Waals surface area contributed by atoms with Crippen molar-refractivity contribution >= 4 is 11.8 Å². The highest BCUT2D eigenvalue weighted by molar-refractivity contribution is 5.83. The number of hydrogen-bond acceptors (Lipinski definition) is 2. The zero-order valence-electron chi connectivity index (χ0n) is 13.9. The molecule has 0 aromatic carbocycles. The molecule has 0 N–H and O–H groups in total. The smallest absolute Gasteiger partial charge is 0.227 e. The van der Waals surface area contributed by atoms with Gasteiger partial charge >= 0.3 is 0 Å². The fraction of sp³-hybridized carbons (Fsp3) is 0.889. The summed E-state index contributed by atoms with van der Waals surface area (Å²) in [7, 11) is 0. The largest absolute Gasteiger partial charge is 0.342 e. The molecule has 0 spiro atoms. The van der Waals surface area contributed by atoms with E-state index in [4.69, 9.17) is 0 Å². The zero-order valence-corrected chi connectivity index (χ0v) is 13.9. The molecule has 1 saturated carbocycles. The third-order valence-electron chi connectivity index (χ3n) is 5.75. The number of carbonyl (C=O) groups is 2. The number of amides is 2. The fourth-order valence-electron chi connectivity index (χ4n) is 4.02. The summed E-state index contributed by atoms with van der Waals surface area (Å²) in [5, 5.41) is 0. The Morgan fingerprint density at radius 2 is 1.50 bits per heavy atom. The molecule has 0 aromatic rings. The molecule has 124 valence electrons. The van der Waals surface area contributed by atoms with Crippen LogP contribution in [0.15, 0.2) is 0 Å². The second kappa shape index (κ2) is 7.01. The summed E-state index contributed by atoms with van der Waals surface area (Å²) in [4.78, 5) is 29.1. The van der Waals surface area contributed by atoms with E-state index in [1.807, 2.05) is 4.90 Å². The van der Waals surface area contributed by atoms with Crippen molar-refractivity contribution in [3.63, 3.8) is 0 Å². The maximum atomic E-state index is 12.8. The highest BCUT2D eigenvalue weighted by Gasteiger charge is 2.37. The first-order chi connectivity index (χ1) is 10.7. The average Bonchev–Trinajstić information content (AvgIpc) is 3.39. The highest BCUT2D eigenvalue weighted by Crippen LogP contribution is 2.33. The molecular formula is C18H30N2O2. The van der Waals surface area contributed by atoms with Gasteiger partial charge < -0.3 is 9.80 Å². The predicted molar refractivity (Wildman–Crippen MR) is 86.2 cm³/mol. The van der Waals surface area contributed by atoms with Crippen molar-refractivity contribution < 1.29 is 9.59 Å². The standard InChI is InChI=1S/C18H30N2O2/c1-2-14-5-3-10-19(12-9-14)18(22)16-6-4-11-20(13-16)17(21)15-7-8-15/h14-16H,2-13H2,1H3/t14-,16+/m0/s1. The van der Waals surface area contributed by atoms with Crippen molar-refractivity contribution in [2.45, 2.75) is 58.3 Å². The van der Waals surface area contributed by atoms with Crippen molar-refractivity contribution in [3.05, 3.63) is 0 Å². The maximum Gasteiger partial charge on any atom is 0.227 e. The van der Waals surface area contributed by atoms with Gasteiger partial charge in [-0.1, -0.05) is 13.3 Å². The molecular weight excluding hydrogens is 276 g/mol. The Balaban J connectivity index is 1.55.